The van der Waals surface area contributed by atoms with Gasteiger partial charge in [0.1, 0.15) is 0 Å². The lowest BCUT2D eigenvalue weighted by Gasteiger charge is -2.10. The van der Waals surface area contributed by atoms with Crippen molar-refractivity contribution >= 4 is 45.2 Å². The van der Waals surface area contributed by atoms with Crippen LogP contribution in [0.15, 0.2) is 27.7 Å². The van der Waals surface area contributed by atoms with Gasteiger partial charge in [-0.3, -0.25) is 9.59 Å². The van der Waals surface area contributed by atoms with Gasteiger partial charge < -0.3 is 0 Å². The largest absolute Gasteiger partial charge is 0.285 e. The van der Waals surface area contributed by atoms with E-state index in [2.05, 4.69) is 15.9 Å². The Kier molecular flexibility index (Phi) is 2.29. The summed E-state index contributed by atoms with van der Waals surface area (Å²) in [5.41, 5.74) is 1.08. The first kappa shape index (κ1) is 9.62. The van der Waals surface area contributed by atoms with Gasteiger partial charge in [-0.2, -0.15) is 0 Å². The van der Waals surface area contributed by atoms with Crippen molar-refractivity contribution in [3.8, 4) is 0 Å². The number of fused-ring (bicyclic) bond motifs is 1. The second kappa shape index (κ2) is 3.33. The van der Waals surface area contributed by atoms with Crippen molar-refractivity contribution in [1.82, 2.24) is 0 Å². The molecular formula is C10H4BrClO2. The van der Waals surface area contributed by atoms with Crippen molar-refractivity contribution in [2.75, 3.05) is 0 Å². The summed E-state index contributed by atoms with van der Waals surface area (Å²) in [5, 5.41) is -0.0272. The molecule has 14 heavy (non-hydrogen) atoms. The number of allylic oxidation sites excluding steroid dienone is 1. The molecule has 1 aromatic rings. The smallest absolute Gasteiger partial charge is 0.244 e. The molecule has 1 aliphatic carbocycles. The summed E-state index contributed by atoms with van der Waals surface area (Å²) in [6.07, 6.45) is 1.51. The molecule has 0 aromatic heterocycles. The van der Waals surface area contributed by atoms with Crippen LogP contribution in [0.3, 0.4) is 0 Å². The average molecular weight is 271 g/mol. The van der Waals surface area contributed by atoms with Crippen LogP contribution in [0, 0.1) is 0 Å². The first-order chi connectivity index (χ1) is 6.59. The van der Waals surface area contributed by atoms with E-state index in [1.807, 2.05) is 0 Å². The molecule has 0 aliphatic heterocycles. The lowest BCUT2D eigenvalue weighted by molar-refractivity contribution is -0.111. The second-order valence-electron chi connectivity index (χ2n) is 2.88. The minimum atomic E-state index is -0.638. The fourth-order valence-corrected chi connectivity index (χ4v) is 1.87. The lowest BCUT2D eigenvalue weighted by atomic mass is 9.95. The molecule has 0 radical (unpaired) electrons. The Balaban J connectivity index is 2.69. The Morgan fingerprint density at radius 1 is 1.14 bits per heavy atom. The third-order valence-electron chi connectivity index (χ3n) is 1.96. The molecule has 0 spiro atoms. The number of Topliss-reactive ketones (excluding diaryl/α,β-unsaturated/α-hetero) is 2. The van der Waals surface area contributed by atoms with Gasteiger partial charge in [0, 0.05) is 10.0 Å². The van der Waals surface area contributed by atoms with Crippen LogP contribution in [0.5, 0.6) is 0 Å². The maximum Gasteiger partial charge on any atom is 0.244 e. The van der Waals surface area contributed by atoms with Crippen molar-refractivity contribution in [1.29, 1.82) is 0 Å². The highest BCUT2D eigenvalue weighted by Crippen LogP contribution is 2.26. The minimum Gasteiger partial charge on any atom is -0.285 e. The van der Waals surface area contributed by atoms with Gasteiger partial charge in [-0.15, -0.1) is 0 Å². The van der Waals surface area contributed by atoms with Crippen LogP contribution in [0.1, 0.15) is 15.9 Å². The Bertz CT molecular complexity index is 477. The highest BCUT2D eigenvalue weighted by Gasteiger charge is 2.26. The van der Waals surface area contributed by atoms with Gasteiger partial charge in [-0.1, -0.05) is 27.5 Å². The summed E-state index contributed by atoms with van der Waals surface area (Å²) >= 11 is 8.89. The number of rotatable bonds is 0. The van der Waals surface area contributed by atoms with Crippen LogP contribution in [-0.2, 0) is 4.79 Å². The Morgan fingerprint density at radius 3 is 2.57 bits per heavy atom. The van der Waals surface area contributed by atoms with Crippen LogP contribution in [0.4, 0.5) is 0 Å². The van der Waals surface area contributed by atoms with E-state index < -0.39 is 11.6 Å². The van der Waals surface area contributed by atoms with Gasteiger partial charge in [-0.05, 0) is 29.8 Å². The average Bonchev–Trinajstić information content (AvgIpc) is 2.14. The third-order valence-corrected chi connectivity index (χ3v) is 2.74. The van der Waals surface area contributed by atoms with Gasteiger partial charge in [-0.25, -0.2) is 0 Å². The standard InChI is InChI=1S/C10H4BrClO2/c11-6-1-2-7-5(3-6)4-8(12)10(14)9(7)13/h1-4H. The first-order valence-corrected chi connectivity index (χ1v) is 5.02. The zero-order valence-electron chi connectivity index (χ0n) is 6.88. The zero-order valence-corrected chi connectivity index (χ0v) is 9.22. The molecule has 0 fully saturated rings. The number of carbonyl (C=O) groups is 2. The fourth-order valence-electron chi connectivity index (χ4n) is 1.29. The van der Waals surface area contributed by atoms with Crippen molar-refractivity contribution in [2.45, 2.75) is 0 Å². The summed E-state index contributed by atoms with van der Waals surface area (Å²) in [4.78, 5) is 22.7. The van der Waals surface area contributed by atoms with E-state index in [1.54, 1.807) is 18.2 Å². The highest BCUT2D eigenvalue weighted by molar-refractivity contribution is 9.10. The number of halogens is 2. The maximum absolute atomic E-state index is 11.4. The van der Waals surface area contributed by atoms with Gasteiger partial charge in [0.15, 0.2) is 0 Å². The van der Waals surface area contributed by atoms with Crippen LogP contribution in [0.2, 0.25) is 0 Å². The summed E-state index contributed by atoms with van der Waals surface area (Å²) in [5.74, 6) is -1.18. The van der Waals surface area contributed by atoms with Crippen molar-refractivity contribution in [2.24, 2.45) is 0 Å². The molecule has 0 atom stereocenters. The van der Waals surface area contributed by atoms with Crippen LogP contribution < -0.4 is 0 Å². The number of hydrogen-bond acceptors (Lipinski definition) is 2. The number of hydrogen-bond donors (Lipinski definition) is 0. The van der Waals surface area contributed by atoms with Crippen molar-refractivity contribution in [3.05, 3.63) is 38.8 Å². The van der Waals surface area contributed by atoms with Gasteiger partial charge in [0.25, 0.3) is 0 Å². The topological polar surface area (TPSA) is 34.1 Å². The first-order valence-electron chi connectivity index (χ1n) is 3.85. The van der Waals surface area contributed by atoms with Gasteiger partial charge in [0.05, 0.1) is 5.03 Å². The highest BCUT2D eigenvalue weighted by atomic mass is 79.9. The van der Waals surface area contributed by atoms with E-state index in [4.69, 9.17) is 11.6 Å². The fraction of sp³-hybridized carbons (Fsp3) is 0. The predicted octanol–water partition coefficient (Wildman–Crippen LogP) is 2.79. The molecule has 0 saturated heterocycles. The van der Waals surface area contributed by atoms with E-state index in [1.165, 1.54) is 6.08 Å². The summed E-state index contributed by atoms with van der Waals surface area (Å²) in [6.45, 7) is 0. The normalized spacial score (nSPS) is 15.1. The molecule has 0 amide bonds. The second-order valence-corrected chi connectivity index (χ2v) is 4.20. The number of benzene rings is 1. The molecule has 4 heteroatoms. The number of carbonyl (C=O) groups excluding carboxylic acids is 2. The van der Waals surface area contributed by atoms with Crippen molar-refractivity contribution < 1.29 is 9.59 Å². The molecule has 0 saturated carbocycles. The lowest BCUT2D eigenvalue weighted by Crippen LogP contribution is -2.18. The predicted molar refractivity (Wildman–Crippen MR) is 57.3 cm³/mol. The van der Waals surface area contributed by atoms with E-state index in [0.29, 0.717) is 11.1 Å². The Morgan fingerprint density at radius 2 is 1.86 bits per heavy atom. The number of ketones is 2. The SMILES string of the molecule is O=C1C(=O)c2ccc(Br)cc2C=C1Cl. The maximum atomic E-state index is 11.4. The Hall–Kier alpha value is -0.930. The zero-order chi connectivity index (χ0) is 10.3. The molecule has 0 N–H and O–H groups in total. The molecule has 70 valence electrons. The van der Waals surface area contributed by atoms with Crippen molar-refractivity contribution in [3.63, 3.8) is 0 Å². The molecule has 1 aromatic carbocycles. The van der Waals surface area contributed by atoms with Gasteiger partial charge >= 0.3 is 0 Å². The summed E-state index contributed by atoms with van der Waals surface area (Å²) < 4.78 is 0.846. The summed E-state index contributed by atoms with van der Waals surface area (Å²) in [6, 6.07) is 5.08. The summed E-state index contributed by atoms with van der Waals surface area (Å²) in [7, 11) is 0. The van der Waals surface area contributed by atoms with Crippen LogP contribution in [0.25, 0.3) is 6.08 Å². The minimum absolute atomic E-state index is 0.0272. The Labute approximate surface area is 93.7 Å². The third kappa shape index (κ3) is 1.42. The van der Waals surface area contributed by atoms with E-state index in [-0.39, 0.29) is 5.03 Å². The van der Waals surface area contributed by atoms with E-state index in [9.17, 15) is 9.59 Å². The molecule has 0 heterocycles. The van der Waals surface area contributed by atoms with Crippen LogP contribution in [-0.4, -0.2) is 11.6 Å². The monoisotopic (exact) mass is 270 g/mol. The molecule has 2 rings (SSSR count). The van der Waals surface area contributed by atoms with Gasteiger partial charge in [0.2, 0.25) is 11.6 Å². The molecule has 0 unspecified atom stereocenters. The van der Waals surface area contributed by atoms with E-state index in [0.717, 1.165) is 4.47 Å². The molecular weight excluding hydrogens is 267 g/mol. The molecule has 2 nitrogen and oxygen atoms in total. The quantitative estimate of drug-likeness (QED) is 0.680. The van der Waals surface area contributed by atoms with Crippen LogP contribution >= 0.6 is 27.5 Å². The molecule has 1 aliphatic rings. The van der Waals surface area contributed by atoms with E-state index >= 15 is 0 Å². The molecule has 0 bridgehead atoms.